The molecule has 1 atom stereocenters. The van der Waals surface area contributed by atoms with Crippen molar-refractivity contribution in [2.75, 3.05) is 0 Å². The summed E-state index contributed by atoms with van der Waals surface area (Å²) in [6, 6.07) is 2.01. The minimum atomic E-state index is 0.0829. The molecule has 0 spiro atoms. The minimum absolute atomic E-state index is 0.0829. The SMILES string of the molecule is Cc1ccoc1/C=C/C(C)N. The molecule has 1 unspecified atom stereocenters. The van der Waals surface area contributed by atoms with Crippen LogP contribution in [-0.4, -0.2) is 6.04 Å². The van der Waals surface area contributed by atoms with E-state index in [2.05, 4.69) is 0 Å². The first kappa shape index (κ1) is 8.08. The van der Waals surface area contributed by atoms with Crippen LogP contribution in [0.3, 0.4) is 0 Å². The van der Waals surface area contributed by atoms with Crippen LogP contribution in [0.25, 0.3) is 6.08 Å². The predicted octanol–water partition coefficient (Wildman–Crippen LogP) is 1.95. The topological polar surface area (TPSA) is 39.2 Å². The fraction of sp³-hybridized carbons (Fsp3) is 0.333. The standard InChI is InChI=1S/C9H13NO/c1-7-5-6-11-9(7)4-3-8(2)10/h3-6,8H,10H2,1-2H3/b4-3+. The molecule has 0 saturated heterocycles. The van der Waals surface area contributed by atoms with Gasteiger partial charge in [-0.3, -0.25) is 0 Å². The van der Waals surface area contributed by atoms with Gasteiger partial charge in [-0.25, -0.2) is 0 Å². The Balaban J connectivity index is 2.71. The average molecular weight is 151 g/mol. The van der Waals surface area contributed by atoms with Gasteiger partial charge in [0.25, 0.3) is 0 Å². The van der Waals surface area contributed by atoms with Crippen molar-refractivity contribution in [2.45, 2.75) is 19.9 Å². The molecule has 0 saturated carbocycles. The number of rotatable bonds is 2. The van der Waals surface area contributed by atoms with Crippen molar-refractivity contribution >= 4 is 6.08 Å². The van der Waals surface area contributed by atoms with Gasteiger partial charge in [0.15, 0.2) is 0 Å². The van der Waals surface area contributed by atoms with E-state index in [0.717, 1.165) is 11.3 Å². The van der Waals surface area contributed by atoms with E-state index in [-0.39, 0.29) is 6.04 Å². The highest BCUT2D eigenvalue weighted by atomic mass is 16.3. The molecular formula is C9H13NO. The highest BCUT2D eigenvalue weighted by Gasteiger charge is 1.95. The smallest absolute Gasteiger partial charge is 0.129 e. The van der Waals surface area contributed by atoms with Crippen molar-refractivity contribution in [3.63, 3.8) is 0 Å². The molecule has 1 rings (SSSR count). The Hall–Kier alpha value is -1.02. The maximum atomic E-state index is 5.53. The van der Waals surface area contributed by atoms with E-state index >= 15 is 0 Å². The zero-order valence-electron chi connectivity index (χ0n) is 6.87. The van der Waals surface area contributed by atoms with E-state index in [9.17, 15) is 0 Å². The molecule has 0 aromatic carbocycles. The molecule has 1 heterocycles. The molecule has 0 aliphatic heterocycles. The van der Waals surface area contributed by atoms with Gasteiger partial charge >= 0.3 is 0 Å². The lowest BCUT2D eigenvalue weighted by atomic mass is 10.2. The summed E-state index contributed by atoms with van der Waals surface area (Å²) in [7, 11) is 0. The second-order valence-electron chi connectivity index (χ2n) is 2.69. The van der Waals surface area contributed by atoms with Crippen LogP contribution in [0.1, 0.15) is 18.2 Å². The van der Waals surface area contributed by atoms with E-state index in [0.29, 0.717) is 0 Å². The summed E-state index contributed by atoms with van der Waals surface area (Å²) >= 11 is 0. The molecule has 0 fully saturated rings. The molecule has 0 radical (unpaired) electrons. The van der Waals surface area contributed by atoms with Crippen molar-refractivity contribution in [1.82, 2.24) is 0 Å². The molecule has 2 nitrogen and oxygen atoms in total. The van der Waals surface area contributed by atoms with Crippen molar-refractivity contribution in [1.29, 1.82) is 0 Å². The molecule has 0 aliphatic carbocycles. The summed E-state index contributed by atoms with van der Waals surface area (Å²) in [4.78, 5) is 0. The van der Waals surface area contributed by atoms with Crippen LogP contribution < -0.4 is 5.73 Å². The van der Waals surface area contributed by atoms with Crippen molar-refractivity contribution in [3.05, 3.63) is 29.7 Å². The van der Waals surface area contributed by atoms with Crippen LogP contribution in [0.4, 0.5) is 0 Å². The maximum absolute atomic E-state index is 5.53. The third-order valence-electron chi connectivity index (χ3n) is 1.45. The first-order valence-corrected chi connectivity index (χ1v) is 3.68. The third kappa shape index (κ3) is 2.24. The van der Waals surface area contributed by atoms with Gasteiger partial charge in [0, 0.05) is 6.04 Å². The first-order valence-electron chi connectivity index (χ1n) is 3.68. The van der Waals surface area contributed by atoms with Crippen LogP contribution in [0.2, 0.25) is 0 Å². The quantitative estimate of drug-likeness (QED) is 0.701. The van der Waals surface area contributed by atoms with Gasteiger partial charge in [-0.15, -0.1) is 0 Å². The van der Waals surface area contributed by atoms with Gasteiger partial charge in [-0.1, -0.05) is 6.08 Å². The van der Waals surface area contributed by atoms with Crippen molar-refractivity contribution in [3.8, 4) is 0 Å². The largest absolute Gasteiger partial charge is 0.465 e. The van der Waals surface area contributed by atoms with Crippen molar-refractivity contribution in [2.24, 2.45) is 5.73 Å². The van der Waals surface area contributed by atoms with Crippen LogP contribution >= 0.6 is 0 Å². The number of furan rings is 1. The highest BCUT2D eigenvalue weighted by Crippen LogP contribution is 2.10. The number of aryl methyl sites for hydroxylation is 1. The average Bonchev–Trinajstić information content (AvgIpc) is 2.31. The molecule has 0 bridgehead atoms. The third-order valence-corrected chi connectivity index (χ3v) is 1.45. The van der Waals surface area contributed by atoms with Gasteiger partial charge in [-0.2, -0.15) is 0 Å². The van der Waals surface area contributed by atoms with E-state index in [1.165, 1.54) is 0 Å². The fourth-order valence-electron chi connectivity index (χ4n) is 0.794. The van der Waals surface area contributed by atoms with Gasteiger partial charge in [-0.05, 0) is 31.6 Å². The second kappa shape index (κ2) is 3.39. The monoisotopic (exact) mass is 151 g/mol. The van der Waals surface area contributed by atoms with Crippen LogP contribution in [0.5, 0.6) is 0 Å². The number of hydrogen-bond acceptors (Lipinski definition) is 2. The van der Waals surface area contributed by atoms with Gasteiger partial charge in [0.2, 0.25) is 0 Å². The molecule has 0 aliphatic rings. The first-order chi connectivity index (χ1) is 5.20. The summed E-state index contributed by atoms with van der Waals surface area (Å²) in [6.45, 7) is 3.93. The normalized spacial score (nSPS) is 14.1. The molecular weight excluding hydrogens is 138 g/mol. The maximum Gasteiger partial charge on any atom is 0.129 e. The van der Waals surface area contributed by atoms with E-state index in [1.54, 1.807) is 6.26 Å². The Morgan fingerprint density at radius 3 is 2.82 bits per heavy atom. The molecule has 0 amide bonds. The second-order valence-corrected chi connectivity index (χ2v) is 2.69. The molecule has 60 valence electrons. The zero-order chi connectivity index (χ0) is 8.27. The highest BCUT2D eigenvalue weighted by molar-refractivity contribution is 5.47. The summed E-state index contributed by atoms with van der Waals surface area (Å²) < 4.78 is 5.17. The predicted molar refractivity (Wildman–Crippen MR) is 46.1 cm³/mol. The lowest BCUT2D eigenvalue weighted by molar-refractivity contribution is 0.554. The molecule has 1 aromatic rings. The lowest BCUT2D eigenvalue weighted by Gasteiger charge is -1.93. The van der Waals surface area contributed by atoms with E-state index in [1.807, 2.05) is 32.1 Å². The Bertz CT molecular complexity index is 248. The van der Waals surface area contributed by atoms with E-state index < -0.39 is 0 Å². The summed E-state index contributed by atoms with van der Waals surface area (Å²) in [5, 5.41) is 0. The van der Waals surface area contributed by atoms with Gasteiger partial charge < -0.3 is 10.2 Å². The minimum Gasteiger partial charge on any atom is -0.465 e. The fourth-order valence-corrected chi connectivity index (χ4v) is 0.794. The van der Waals surface area contributed by atoms with E-state index in [4.69, 9.17) is 10.2 Å². The summed E-state index contributed by atoms with van der Waals surface area (Å²) in [6.07, 6.45) is 5.49. The number of nitrogens with two attached hydrogens (primary N) is 1. The van der Waals surface area contributed by atoms with Crippen LogP contribution in [0.15, 0.2) is 22.8 Å². The Morgan fingerprint density at radius 1 is 1.64 bits per heavy atom. The van der Waals surface area contributed by atoms with Crippen LogP contribution in [-0.2, 0) is 0 Å². The Labute approximate surface area is 66.7 Å². The molecule has 1 aromatic heterocycles. The molecule has 2 heteroatoms. The van der Waals surface area contributed by atoms with Gasteiger partial charge in [0.1, 0.15) is 5.76 Å². The molecule has 2 N–H and O–H groups in total. The Morgan fingerprint density at radius 2 is 2.36 bits per heavy atom. The lowest BCUT2D eigenvalue weighted by Crippen LogP contribution is -2.09. The van der Waals surface area contributed by atoms with Crippen LogP contribution in [0, 0.1) is 6.92 Å². The van der Waals surface area contributed by atoms with Crippen molar-refractivity contribution < 1.29 is 4.42 Å². The number of hydrogen-bond donors (Lipinski definition) is 1. The molecule has 11 heavy (non-hydrogen) atoms. The summed E-state index contributed by atoms with van der Waals surface area (Å²) in [5.41, 5.74) is 6.67. The summed E-state index contributed by atoms with van der Waals surface area (Å²) in [5.74, 6) is 0.891. The van der Waals surface area contributed by atoms with Gasteiger partial charge in [0.05, 0.1) is 6.26 Å². The zero-order valence-corrected chi connectivity index (χ0v) is 6.87. The Kier molecular flexibility index (Phi) is 2.49.